The molecule has 160 valence electrons. The first-order valence-electron chi connectivity index (χ1n) is 11.4. The lowest BCUT2D eigenvalue weighted by Crippen LogP contribution is -2.46. The molecule has 2 fully saturated rings. The number of pyridine rings is 1. The Labute approximate surface area is 179 Å². The minimum absolute atomic E-state index is 0.284. The number of hydrogen-bond acceptors (Lipinski definition) is 4. The van der Waals surface area contributed by atoms with Gasteiger partial charge < -0.3 is 15.0 Å². The molecule has 1 aromatic carbocycles. The average molecular weight is 408 g/mol. The van der Waals surface area contributed by atoms with E-state index in [4.69, 9.17) is 4.74 Å². The normalized spacial score (nSPS) is 18.3. The van der Waals surface area contributed by atoms with Crippen molar-refractivity contribution < 1.29 is 9.53 Å². The van der Waals surface area contributed by atoms with E-state index in [0.29, 0.717) is 18.6 Å². The molecular weight excluding hydrogens is 374 g/mol. The predicted octanol–water partition coefficient (Wildman–Crippen LogP) is 4.32. The van der Waals surface area contributed by atoms with Crippen LogP contribution < -0.4 is 10.1 Å². The summed E-state index contributed by atoms with van der Waals surface area (Å²) in [5, 5.41) is 3.68. The molecule has 30 heavy (non-hydrogen) atoms. The Morgan fingerprint density at radius 2 is 1.77 bits per heavy atom. The van der Waals surface area contributed by atoms with E-state index in [1.807, 2.05) is 30.3 Å². The highest BCUT2D eigenvalue weighted by Crippen LogP contribution is 2.27. The molecule has 1 aromatic heterocycles. The summed E-state index contributed by atoms with van der Waals surface area (Å²) in [7, 11) is 0. The van der Waals surface area contributed by atoms with Crippen molar-refractivity contribution in [2.45, 2.75) is 64.1 Å². The summed E-state index contributed by atoms with van der Waals surface area (Å²) in [5.41, 5.74) is 2.09. The highest BCUT2D eigenvalue weighted by molar-refractivity contribution is 5.79. The van der Waals surface area contributed by atoms with Crippen LogP contribution in [0.15, 0.2) is 48.7 Å². The number of carbonyl (C=O) groups is 1. The van der Waals surface area contributed by atoms with E-state index in [0.717, 1.165) is 62.3 Å². The molecule has 0 radical (unpaired) electrons. The molecule has 1 N–H and O–H groups in total. The Kier molecular flexibility index (Phi) is 7.35. The monoisotopic (exact) mass is 407 g/mol. The quantitative estimate of drug-likeness (QED) is 0.743. The molecule has 1 aliphatic carbocycles. The van der Waals surface area contributed by atoms with Gasteiger partial charge in [-0.05, 0) is 43.9 Å². The molecule has 1 aliphatic heterocycles. The highest BCUT2D eigenvalue weighted by Gasteiger charge is 2.29. The maximum atomic E-state index is 12.8. The third kappa shape index (κ3) is 5.60. The maximum absolute atomic E-state index is 12.8. The summed E-state index contributed by atoms with van der Waals surface area (Å²) >= 11 is 0. The van der Waals surface area contributed by atoms with Crippen molar-refractivity contribution in [3.05, 3.63) is 59.9 Å². The van der Waals surface area contributed by atoms with Gasteiger partial charge in [-0.25, -0.2) is 0 Å². The minimum Gasteiger partial charge on any atom is -0.487 e. The Morgan fingerprint density at radius 1 is 1.00 bits per heavy atom. The van der Waals surface area contributed by atoms with Crippen molar-refractivity contribution in [1.82, 2.24) is 15.2 Å². The molecule has 0 spiro atoms. The fourth-order valence-corrected chi connectivity index (χ4v) is 4.59. The molecule has 0 atom stereocenters. The smallest absolute Gasteiger partial charge is 0.225 e. The summed E-state index contributed by atoms with van der Waals surface area (Å²) < 4.78 is 6.02. The second-order valence-corrected chi connectivity index (χ2v) is 8.53. The Morgan fingerprint density at radius 3 is 2.53 bits per heavy atom. The van der Waals surface area contributed by atoms with Gasteiger partial charge in [0.1, 0.15) is 12.4 Å². The van der Waals surface area contributed by atoms with Crippen LogP contribution in [0.2, 0.25) is 0 Å². The predicted molar refractivity (Wildman–Crippen MR) is 118 cm³/mol. The third-order valence-electron chi connectivity index (χ3n) is 6.42. The van der Waals surface area contributed by atoms with Crippen LogP contribution in [0.3, 0.4) is 0 Å². The van der Waals surface area contributed by atoms with Crippen molar-refractivity contribution in [2.24, 2.45) is 5.92 Å². The van der Waals surface area contributed by atoms with Crippen molar-refractivity contribution in [2.75, 3.05) is 13.1 Å². The van der Waals surface area contributed by atoms with Gasteiger partial charge in [-0.15, -0.1) is 0 Å². The van der Waals surface area contributed by atoms with Gasteiger partial charge in [0.15, 0.2) is 0 Å². The van der Waals surface area contributed by atoms with Gasteiger partial charge >= 0.3 is 0 Å². The zero-order chi connectivity index (χ0) is 20.6. The number of aromatic nitrogens is 1. The SMILES string of the molecule is O=C(C1CCCCC1)N1CCC(NCc2ccccc2OCc2ccccn2)CC1. The number of hydrogen-bond donors (Lipinski definition) is 1. The van der Waals surface area contributed by atoms with Crippen LogP contribution in [-0.4, -0.2) is 34.9 Å². The molecule has 5 nitrogen and oxygen atoms in total. The number of nitrogens with one attached hydrogen (secondary N) is 1. The fraction of sp³-hybridized carbons (Fsp3) is 0.520. The topological polar surface area (TPSA) is 54.5 Å². The number of carbonyl (C=O) groups excluding carboxylic acids is 1. The molecule has 4 rings (SSSR count). The second kappa shape index (κ2) is 10.6. The molecule has 2 aromatic rings. The minimum atomic E-state index is 0.284. The molecule has 0 bridgehead atoms. The van der Waals surface area contributed by atoms with Gasteiger partial charge in [-0.1, -0.05) is 43.5 Å². The molecule has 5 heteroatoms. The number of rotatable bonds is 7. The lowest BCUT2D eigenvalue weighted by atomic mass is 9.87. The second-order valence-electron chi connectivity index (χ2n) is 8.53. The molecule has 1 saturated heterocycles. The number of nitrogens with zero attached hydrogens (tertiary/aromatic N) is 2. The van der Waals surface area contributed by atoms with Crippen molar-refractivity contribution >= 4 is 5.91 Å². The van der Waals surface area contributed by atoms with Crippen LogP contribution in [0.5, 0.6) is 5.75 Å². The number of likely N-dealkylation sites (tertiary alicyclic amines) is 1. The highest BCUT2D eigenvalue weighted by atomic mass is 16.5. The van der Waals surface area contributed by atoms with E-state index >= 15 is 0 Å². The third-order valence-corrected chi connectivity index (χ3v) is 6.42. The number of benzene rings is 1. The van der Waals surface area contributed by atoms with Gasteiger partial charge in [0.05, 0.1) is 5.69 Å². The van der Waals surface area contributed by atoms with E-state index in [9.17, 15) is 4.79 Å². The van der Waals surface area contributed by atoms with E-state index in [1.165, 1.54) is 19.3 Å². The van der Waals surface area contributed by atoms with Crippen LogP contribution in [0, 0.1) is 5.92 Å². The zero-order valence-corrected chi connectivity index (χ0v) is 17.8. The molecule has 1 amide bonds. The van der Waals surface area contributed by atoms with Gasteiger partial charge in [-0.3, -0.25) is 9.78 Å². The van der Waals surface area contributed by atoms with Gasteiger partial charge in [0, 0.05) is 43.4 Å². The fourth-order valence-electron chi connectivity index (χ4n) is 4.59. The summed E-state index contributed by atoms with van der Waals surface area (Å²) in [6.45, 7) is 3.01. The molecule has 0 unspecified atom stereocenters. The van der Waals surface area contributed by atoms with Crippen LogP contribution in [0.1, 0.15) is 56.2 Å². The Bertz CT molecular complexity index is 797. The van der Waals surface area contributed by atoms with Crippen molar-refractivity contribution in [3.63, 3.8) is 0 Å². The van der Waals surface area contributed by atoms with E-state index in [2.05, 4.69) is 27.3 Å². The van der Waals surface area contributed by atoms with Crippen LogP contribution in [0.25, 0.3) is 0 Å². The summed E-state index contributed by atoms with van der Waals surface area (Å²) in [4.78, 5) is 19.2. The van der Waals surface area contributed by atoms with Gasteiger partial charge in [-0.2, -0.15) is 0 Å². The summed E-state index contributed by atoms with van der Waals surface area (Å²) in [6, 6.07) is 14.5. The van der Waals surface area contributed by atoms with Crippen molar-refractivity contribution in [3.8, 4) is 5.75 Å². The molecule has 2 heterocycles. The largest absolute Gasteiger partial charge is 0.487 e. The molecule has 2 aliphatic rings. The summed E-state index contributed by atoms with van der Waals surface area (Å²) in [5.74, 6) is 1.59. The number of piperidine rings is 1. The lowest BCUT2D eigenvalue weighted by molar-refractivity contribution is -0.137. The number of para-hydroxylation sites is 1. The first-order valence-corrected chi connectivity index (χ1v) is 11.4. The maximum Gasteiger partial charge on any atom is 0.225 e. The van der Waals surface area contributed by atoms with Crippen LogP contribution in [0.4, 0.5) is 0 Å². The Balaban J connectivity index is 1.24. The number of ether oxygens (including phenoxy) is 1. The van der Waals surface area contributed by atoms with Gasteiger partial charge in [0.25, 0.3) is 0 Å². The number of amides is 1. The zero-order valence-electron chi connectivity index (χ0n) is 17.8. The Hall–Kier alpha value is -2.40. The molecular formula is C25H33N3O2. The van der Waals surface area contributed by atoms with E-state index in [1.54, 1.807) is 6.20 Å². The first-order chi connectivity index (χ1) is 14.8. The summed E-state index contributed by atoms with van der Waals surface area (Å²) in [6.07, 6.45) is 9.75. The average Bonchev–Trinajstić information content (AvgIpc) is 2.83. The standard InChI is InChI=1S/C25H33N3O2/c29-25(20-8-2-1-3-9-20)28-16-13-22(14-17-28)27-18-21-10-4-5-12-24(21)30-19-23-11-6-7-15-26-23/h4-7,10-12,15,20,22,27H,1-3,8-9,13-14,16-19H2. The van der Waals surface area contributed by atoms with Gasteiger partial charge in [0.2, 0.25) is 5.91 Å². The first kappa shape index (κ1) is 20.9. The van der Waals surface area contributed by atoms with E-state index in [-0.39, 0.29) is 5.92 Å². The van der Waals surface area contributed by atoms with E-state index < -0.39 is 0 Å². The van der Waals surface area contributed by atoms with Crippen LogP contribution >= 0.6 is 0 Å². The van der Waals surface area contributed by atoms with Crippen LogP contribution in [-0.2, 0) is 17.9 Å². The lowest BCUT2D eigenvalue weighted by Gasteiger charge is -2.35. The molecule has 1 saturated carbocycles. The van der Waals surface area contributed by atoms with Crippen molar-refractivity contribution in [1.29, 1.82) is 0 Å².